The number of methoxy groups -OCH3 is 1. The number of pyridine rings is 1. The number of nitrogens with one attached hydrogen (secondary N) is 2. The van der Waals surface area contributed by atoms with Crippen LogP contribution in [0.1, 0.15) is 32.0 Å². The van der Waals surface area contributed by atoms with Crippen molar-refractivity contribution in [1.29, 1.82) is 0 Å². The van der Waals surface area contributed by atoms with Crippen molar-refractivity contribution in [2.45, 2.75) is 12.7 Å². The minimum atomic E-state index is -4.51. The molecule has 2 aromatic heterocycles. The number of carbonyl (C=O) groups excluding carboxylic acids is 2. The Balaban J connectivity index is 1.46. The first kappa shape index (κ1) is 24.5. The van der Waals surface area contributed by atoms with Gasteiger partial charge in [-0.1, -0.05) is 18.2 Å². The fourth-order valence-electron chi connectivity index (χ4n) is 3.35. The van der Waals surface area contributed by atoms with Crippen LogP contribution in [0.4, 0.5) is 18.9 Å². The Morgan fingerprint density at radius 2 is 1.75 bits per heavy atom. The normalized spacial score (nSPS) is 11.1. The van der Waals surface area contributed by atoms with Crippen molar-refractivity contribution in [2.24, 2.45) is 0 Å². The van der Waals surface area contributed by atoms with Gasteiger partial charge in [-0.15, -0.1) is 0 Å². The lowest BCUT2D eigenvalue weighted by Crippen LogP contribution is -2.24. The topological polar surface area (TPSA) is 98.1 Å². The van der Waals surface area contributed by atoms with Gasteiger partial charge in [0.1, 0.15) is 0 Å². The first-order chi connectivity index (χ1) is 17.2. The molecule has 4 aromatic rings. The van der Waals surface area contributed by atoms with E-state index in [-0.39, 0.29) is 29.6 Å². The number of nitrogens with zero attached hydrogens (tertiary/aromatic N) is 3. The first-order valence-corrected chi connectivity index (χ1v) is 10.6. The van der Waals surface area contributed by atoms with E-state index in [1.54, 1.807) is 36.4 Å². The summed E-state index contributed by atoms with van der Waals surface area (Å²) < 4.78 is 45.5. The molecule has 2 N–H and O–H groups in total. The van der Waals surface area contributed by atoms with Gasteiger partial charge in [0.15, 0.2) is 11.4 Å². The molecule has 0 aliphatic carbocycles. The van der Waals surface area contributed by atoms with E-state index in [0.717, 1.165) is 16.8 Å². The molecule has 0 spiro atoms. The van der Waals surface area contributed by atoms with Crippen molar-refractivity contribution in [3.8, 4) is 11.4 Å². The van der Waals surface area contributed by atoms with Gasteiger partial charge < -0.3 is 15.4 Å². The Morgan fingerprint density at radius 1 is 1.00 bits per heavy atom. The molecule has 4 rings (SSSR count). The zero-order valence-electron chi connectivity index (χ0n) is 18.9. The monoisotopic (exact) mass is 495 g/mol. The first-order valence-electron chi connectivity index (χ1n) is 10.6. The van der Waals surface area contributed by atoms with E-state index in [0.29, 0.717) is 16.8 Å². The predicted molar refractivity (Wildman–Crippen MR) is 125 cm³/mol. The van der Waals surface area contributed by atoms with Crippen LogP contribution in [0.5, 0.6) is 5.75 Å². The van der Waals surface area contributed by atoms with E-state index in [1.807, 2.05) is 0 Å². The highest BCUT2D eigenvalue weighted by Crippen LogP contribution is 2.30. The summed E-state index contributed by atoms with van der Waals surface area (Å²) in [7, 11) is 1.33. The Morgan fingerprint density at radius 3 is 2.47 bits per heavy atom. The SMILES string of the molecule is COc1cn(-c2cccc(C(F)(F)F)c2)nc1C(=O)NCc1cccc(NC(=O)c2ccncc2)c1. The van der Waals surface area contributed by atoms with Crippen LogP contribution in [0.25, 0.3) is 5.69 Å². The molecule has 2 amide bonds. The van der Waals surface area contributed by atoms with Gasteiger partial charge >= 0.3 is 6.18 Å². The van der Waals surface area contributed by atoms with E-state index >= 15 is 0 Å². The maximum absolute atomic E-state index is 13.1. The minimum Gasteiger partial charge on any atom is -0.493 e. The van der Waals surface area contributed by atoms with Gasteiger partial charge in [-0.2, -0.15) is 18.3 Å². The minimum absolute atomic E-state index is 0.0861. The molecule has 0 aliphatic heterocycles. The van der Waals surface area contributed by atoms with Crippen molar-refractivity contribution < 1.29 is 27.5 Å². The molecular formula is C25H20F3N5O3. The Labute approximate surface area is 203 Å². The second-order valence-electron chi connectivity index (χ2n) is 7.61. The third-order valence-electron chi connectivity index (χ3n) is 5.13. The van der Waals surface area contributed by atoms with Crippen LogP contribution in [-0.2, 0) is 12.7 Å². The van der Waals surface area contributed by atoms with Gasteiger partial charge in [0, 0.05) is 30.2 Å². The predicted octanol–water partition coefficient (Wildman–Crippen LogP) is 4.48. The summed E-state index contributed by atoms with van der Waals surface area (Å²) >= 11 is 0. The summed E-state index contributed by atoms with van der Waals surface area (Å²) in [4.78, 5) is 29.0. The lowest BCUT2D eigenvalue weighted by molar-refractivity contribution is -0.137. The number of ether oxygens (including phenoxy) is 1. The molecule has 8 nitrogen and oxygen atoms in total. The summed E-state index contributed by atoms with van der Waals surface area (Å²) in [5, 5.41) is 9.61. The number of halogens is 3. The van der Waals surface area contributed by atoms with Gasteiger partial charge in [-0.3, -0.25) is 14.6 Å². The molecule has 11 heteroatoms. The molecule has 0 unspecified atom stereocenters. The van der Waals surface area contributed by atoms with E-state index in [9.17, 15) is 22.8 Å². The number of benzene rings is 2. The average molecular weight is 495 g/mol. The average Bonchev–Trinajstić information content (AvgIpc) is 3.32. The fraction of sp³-hybridized carbons (Fsp3) is 0.120. The second-order valence-corrected chi connectivity index (χ2v) is 7.61. The van der Waals surface area contributed by atoms with Crippen molar-refractivity contribution in [3.05, 3.63) is 102 Å². The number of hydrogen-bond donors (Lipinski definition) is 2. The van der Waals surface area contributed by atoms with Gasteiger partial charge in [0.05, 0.1) is 24.6 Å². The zero-order valence-corrected chi connectivity index (χ0v) is 18.9. The largest absolute Gasteiger partial charge is 0.493 e. The van der Waals surface area contributed by atoms with Gasteiger partial charge in [0.2, 0.25) is 0 Å². The summed E-state index contributed by atoms with van der Waals surface area (Å²) in [6, 6.07) is 14.7. The molecule has 2 heterocycles. The standard InChI is InChI=1S/C25H20F3N5O3/c1-36-21-15-33(20-7-3-5-18(13-20)25(26,27)28)32-22(21)24(35)30-14-16-4-2-6-19(12-16)31-23(34)17-8-10-29-11-9-17/h2-13,15H,14H2,1H3,(H,30,35)(H,31,34). The Hall–Kier alpha value is -4.67. The smallest absolute Gasteiger partial charge is 0.416 e. The number of rotatable bonds is 7. The molecule has 0 bridgehead atoms. The zero-order chi connectivity index (χ0) is 25.7. The molecular weight excluding hydrogens is 475 g/mol. The molecule has 0 atom stereocenters. The van der Waals surface area contributed by atoms with Crippen molar-refractivity contribution in [2.75, 3.05) is 12.4 Å². The summed E-state index contributed by atoms with van der Waals surface area (Å²) in [5.41, 5.74) is 0.891. The van der Waals surface area contributed by atoms with Gasteiger partial charge in [0.25, 0.3) is 11.8 Å². The van der Waals surface area contributed by atoms with Crippen LogP contribution in [0, 0.1) is 0 Å². The van der Waals surface area contributed by atoms with Crippen LogP contribution in [-0.4, -0.2) is 33.7 Å². The lowest BCUT2D eigenvalue weighted by atomic mass is 10.2. The summed E-state index contributed by atoms with van der Waals surface area (Å²) in [6.07, 6.45) is -0.146. The third kappa shape index (κ3) is 5.69. The quantitative estimate of drug-likeness (QED) is 0.394. The molecule has 0 aliphatic rings. The van der Waals surface area contributed by atoms with Crippen molar-refractivity contribution in [1.82, 2.24) is 20.1 Å². The molecule has 0 radical (unpaired) electrons. The van der Waals surface area contributed by atoms with Crippen molar-refractivity contribution in [3.63, 3.8) is 0 Å². The fourth-order valence-corrected chi connectivity index (χ4v) is 3.35. The molecule has 0 saturated carbocycles. The highest BCUT2D eigenvalue weighted by Gasteiger charge is 2.30. The molecule has 2 aromatic carbocycles. The number of anilines is 1. The highest BCUT2D eigenvalue weighted by molar-refractivity contribution is 6.04. The highest BCUT2D eigenvalue weighted by atomic mass is 19.4. The number of aromatic nitrogens is 3. The Kier molecular flexibility index (Phi) is 7.00. The van der Waals surface area contributed by atoms with Gasteiger partial charge in [-0.05, 0) is 48.0 Å². The van der Waals surface area contributed by atoms with Crippen LogP contribution in [0.2, 0.25) is 0 Å². The molecule has 184 valence electrons. The van der Waals surface area contributed by atoms with Crippen LogP contribution in [0.3, 0.4) is 0 Å². The van der Waals surface area contributed by atoms with E-state index < -0.39 is 17.6 Å². The number of amides is 2. The van der Waals surface area contributed by atoms with Gasteiger partial charge in [-0.25, -0.2) is 4.68 Å². The summed E-state index contributed by atoms with van der Waals surface area (Å²) in [6.45, 7) is 0.109. The van der Waals surface area contributed by atoms with Crippen molar-refractivity contribution >= 4 is 17.5 Å². The van der Waals surface area contributed by atoms with Crippen LogP contribution >= 0.6 is 0 Å². The van der Waals surface area contributed by atoms with Crippen LogP contribution < -0.4 is 15.4 Å². The maximum Gasteiger partial charge on any atom is 0.416 e. The third-order valence-corrected chi connectivity index (χ3v) is 5.13. The molecule has 36 heavy (non-hydrogen) atoms. The van der Waals surface area contributed by atoms with E-state index in [1.165, 1.54) is 37.8 Å². The lowest BCUT2D eigenvalue weighted by Gasteiger charge is -2.09. The molecule has 0 fully saturated rings. The second kappa shape index (κ2) is 10.3. The number of carbonyl (C=O) groups is 2. The Bertz CT molecular complexity index is 1390. The molecule has 0 saturated heterocycles. The van der Waals surface area contributed by atoms with Crippen LogP contribution in [0.15, 0.2) is 79.3 Å². The van der Waals surface area contributed by atoms with E-state index in [2.05, 4.69) is 20.7 Å². The maximum atomic E-state index is 13.1. The number of hydrogen-bond acceptors (Lipinski definition) is 5. The number of alkyl halides is 3. The summed E-state index contributed by atoms with van der Waals surface area (Å²) in [5.74, 6) is -0.782. The van der Waals surface area contributed by atoms with E-state index in [4.69, 9.17) is 4.74 Å².